The number of aromatic nitrogens is 2. The Balaban J connectivity index is 2.24. The van der Waals surface area contributed by atoms with Gasteiger partial charge < -0.3 is 10.0 Å². The van der Waals surface area contributed by atoms with Gasteiger partial charge in [0.1, 0.15) is 5.69 Å². The van der Waals surface area contributed by atoms with E-state index in [1.807, 2.05) is 30.3 Å². The third-order valence-corrected chi connectivity index (χ3v) is 3.98. The topological polar surface area (TPSA) is 69.2 Å². The number of nitrogens with zero attached hydrogens (tertiary/aromatic N) is 2. The van der Waals surface area contributed by atoms with Crippen molar-refractivity contribution in [2.75, 3.05) is 13.7 Å². The van der Waals surface area contributed by atoms with Crippen molar-refractivity contribution in [1.82, 2.24) is 15.1 Å². The van der Waals surface area contributed by atoms with Crippen LogP contribution < -0.4 is 0 Å². The van der Waals surface area contributed by atoms with Crippen LogP contribution in [0.3, 0.4) is 0 Å². The first-order chi connectivity index (χ1) is 10.8. The summed E-state index contributed by atoms with van der Waals surface area (Å²) in [5, 5.41) is 16.5. The van der Waals surface area contributed by atoms with Gasteiger partial charge in [0, 0.05) is 24.8 Å². The van der Waals surface area contributed by atoms with E-state index < -0.39 is 0 Å². The van der Waals surface area contributed by atoms with Gasteiger partial charge >= 0.3 is 0 Å². The van der Waals surface area contributed by atoms with Crippen molar-refractivity contribution in [3.05, 3.63) is 53.3 Å². The van der Waals surface area contributed by atoms with Crippen LogP contribution >= 0.6 is 0 Å². The lowest BCUT2D eigenvalue weighted by molar-refractivity contribution is 0.0699. The summed E-state index contributed by atoms with van der Waals surface area (Å²) in [5.41, 5.74) is 2.24. The summed E-state index contributed by atoms with van der Waals surface area (Å²) in [6.07, 6.45) is 0.489. The second kappa shape index (κ2) is 6.96. The highest BCUT2D eigenvalue weighted by atomic mass is 16.3. The molecule has 0 saturated heterocycles. The molecular formula is C18H25N3O2. The van der Waals surface area contributed by atoms with Gasteiger partial charge in [0.25, 0.3) is 5.91 Å². The molecule has 0 aliphatic carbocycles. The molecule has 0 aliphatic rings. The number of hydrogen-bond acceptors (Lipinski definition) is 3. The van der Waals surface area contributed by atoms with Crippen molar-refractivity contribution in [2.24, 2.45) is 0 Å². The Kier molecular flexibility index (Phi) is 5.21. The standard InChI is InChI=1S/C18H25N3O2/c1-18(2,3)16-12-14(19-20-16)17(23)21(4)15(10-11-22)13-8-6-5-7-9-13/h5-9,12,15,22H,10-11H2,1-4H3,(H,19,20). The van der Waals surface area contributed by atoms with Crippen molar-refractivity contribution in [3.63, 3.8) is 0 Å². The number of aliphatic hydroxyl groups is 1. The summed E-state index contributed by atoms with van der Waals surface area (Å²) >= 11 is 0. The Morgan fingerprint density at radius 2 is 1.96 bits per heavy atom. The fourth-order valence-corrected chi connectivity index (χ4v) is 2.52. The van der Waals surface area contributed by atoms with E-state index in [1.54, 1.807) is 18.0 Å². The molecule has 23 heavy (non-hydrogen) atoms. The molecule has 1 unspecified atom stereocenters. The molecule has 1 heterocycles. The number of carbonyl (C=O) groups excluding carboxylic acids is 1. The molecule has 0 saturated carbocycles. The molecule has 0 spiro atoms. The van der Waals surface area contributed by atoms with Gasteiger partial charge in [-0.25, -0.2) is 0 Å². The second-order valence-corrected chi connectivity index (χ2v) is 6.77. The number of nitrogens with one attached hydrogen (secondary N) is 1. The van der Waals surface area contributed by atoms with Gasteiger partial charge in [-0.05, 0) is 18.1 Å². The van der Waals surface area contributed by atoms with Gasteiger partial charge in [0.05, 0.1) is 6.04 Å². The molecule has 124 valence electrons. The predicted octanol–water partition coefficient (Wildman–Crippen LogP) is 2.90. The normalized spacial score (nSPS) is 12.9. The van der Waals surface area contributed by atoms with Gasteiger partial charge in [-0.15, -0.1) is 0 Å². The molecule has 0 radical (unpaired) electrons. The minimum Gasteiger partial charge on any atom is -0.396 e. The summed E-state index contributed by atoms with van der Waals surface area (Å²) in [6, 6.07) is 11.4. The van der Waals surface area contributed by atoms with E-state index >= 15 is 0 Å². The van der Waals surface area contributed by atoms with Crippen LogP contribution in [-0.2, 0) is 5.41 Å². The maximum Gasteiger partial charge on any atom is 0.274 e. The molecule has 2 aromatic rings. The molecule has 2 rings (SSSR count). The summed E-state index contributed by atoms with van der Waals surface area (Å²) in [5.74, 6) is -0.154. The van der Waals surface area contributed by atoms with Gasteiger partial charge in [-0.2, -0.15) is 5.10 Å². The van der Waals surface area contributed by atoms with Crippen LogP contribution in [0.4, 0.5) is 0 Å². The van der Waals surface area contributed by atoms with Crippen LogP contribution in [0.5, 0.6) is 0 Å². The molecule has 0 aliphatic heterocycles. The van der Waals surface area contributed by atoms with Crippen LogP contribution in [0.2, 0.25) is 0 Å². The number of hydrogen-bond donors (Lipinski definition) is 2. The monoisotopic (exact) mass is 315 g/mol. The molecule has 5 nitrogen and oxygen atoms in total. The van der Waals surface area contributed by atoms with E-state index in [-0.39, 0.29) is 24.0 Å². The highest BCUT2D eigenvalue weighted by molar-refractivity contribution is 5.92. The predicted molar refractivity (Wildman–Crippen MR) is 90.3 cm³/mol. The number of H-pyrrole nitrogens is 1. The van der Waals surface area contributed by atoms with Crippen LogP contribution in [0, 0.1) is 0 Å². The largest absolute Gasteiger partial charge is 0.396 e. The lowest BCUT2D eigenvalue weighted by Crippen LogP contribution is -2.32. The molecule has 2 N–H and O–H groups in total. The average Bonchev–Trinajstić information content (AvgIpc) is 3.02. The zero-order chi connectivity index (χ0) is 17.0. The molecule has 1 aromatic heterocycles. The quantitative estimate of drug-likeness (QED) is 0.891. The third kappa shape index (κ3) is 3.99. The Labute approximate surface area is 137 Å². The van der Waals surface area contributed by atoms with Crippen LogP contribution in [0.1, 0.15) is 55.0 Å². The Morgan fingerprint density at radius 3 is 2.48 bits per heavy atom. The smallest absolute Gasteiger partial charge is 0.274 e. The van der Waals surface area contributed by atoms with Gasteiger partial charge in [0.2, 0.25) is 0 Å². The Bertz CT molecular complexity index is 644. The molecule has 1 atom stereocenters. The lowest BCUT2D eigenvalue weighted by Gasteiger charge is -2.27. The summed E-state index contributed by atoms with van der Waals surface area (Å²) in [4.78, 5) is 14.4. The minimum absolute atomic E-state index is 0.0188. The molecule has 0 bridgehead atoms. The van der Waals surface area contributed by atoms with Crippen molar-refractivity contribution in [3.8, 4) is 0 Å². The fourth-order valence-electron chi connectivity index (χ4n) is 2.52. The first-order valence-corrected chi connectivity index (χ1v) is 7.83. The zero-order valence-electron chi connectivity index (χ0n) is 14.2. The summed E-state index contributed by atoms with van der Waals surface area (Å²) in [7, 11) is 1.75. The molecule has 1 aromatic carbocycles. The lowest BCUT2D eigenvalue weighted by atomic mass is 9.92. The van der Waals surface area contributed by atoms with E-state index in [1.165, 1.54) is 0 Å². The first kappa shape index (κ1) is 17.2. The van der Waals surface area contributed by atoms with Crippen molar-refractivity contribution in [2.45, 2.75) is 38.6 Å². The SMILES string of the molecule is CN(C(=O)c1cc(C(C)(C)C)[nH]n1)C(CCO)c1ccccc1. The van der Waals surface area contributed by atoms with Crippen molar-refractivity contribution >= 4 is 5.91 Å². The number of benzene rings is 1. The van der Waals surface area contributed by atoms with Crippen LogP contribution in [0.25, 0.3) is 0 Å². The minimum atomic E-state index is -0.177. The number of aliphatic hydroxyl groups excluding tert-OH is 1. The Hall–Kier alpha value is -2.14. The Morgan fingerprint density at radius 1 is 1.30 bits per heavy atom. The van der Waals surface area contributed by atoms with E-state index in [4.69, 9.17) is 0 Å². The van der Waals surface area contributed by atoms with E-state index in [9.17, 15) is 9.90 Å². The van der Waals surface area contributed by atoms with E-state index in [0.29, 0.717) is 12.1 Å². The first-order valence-electron chi connectivity index (χ1n) is 7.83. The van der Waals surface area contributed by atoms with Crippen LogP contribution in [-0.4, -0.2) is 39.8 Å². The number of amides is 1. The molecule has 5 heteroatoms. The third-order valence-electron chi connectivity index (χ3n) is 3.98. The summed E-state index contributed by atoms with van der Waals surface area (Å²) in [6.45, 7) is 6.22. The van der Waals surface area contributed by atoms with E-state index in [0.717, 1.165) is 11.3 Å². The number of carbonyl (C=O) groups is 1. The maximum absolute atomic E-state index is 12.7. The molecule has 1 amide bonds. The average molecular weight is 315 g/mol. The van der Waals surface area contributed by atoms with Gasteiger partial charge in [-0.1, -0.05) is 51.1 Å². The number of rotatable bonds is 5. The zero-order valence-corrected chi connectivity index (χ0v) is 14.2. The highest BCUT2D eigenvalue weighted by Crippen LogP contribution is 2.25. The maximum atomic E-state index is 12.7. The summed E-state index contributed by atoms with van der Waals surface area (Å²) < 4.78 is 0. The molecule has 0 fully saturated rings. The highest BCUT2D eigenvalue weighted by Gasteiger charge is 2.25. The number of aromatic amines is 1. The van der Waals surface area contributed by atoms with E-state index in [2.05, 4.69) is 31.0 Å². The van der Waals surface area contributed by atoms with Crippen molar-refractivity contribution < 1.29 is 9.90 Å². The van der Waals surface area contributed by atoms with Crippen molar-refractivity contribution in [1.29, 1.82) is 0 Å². The second-order valence-electron chi connectivity index (χ2n) is 6.77. The fraction of sp³-hybridized carbons (Fsp3) is 0.444. The molecular weight excluding hydrogens is 290 g/mol. The van der Waals surface area contributed by atoms with Crippen LogP contribution in [0.15, 0.2) is 36.4 Å². The van der Waals surface area contributed by atoms with Gasteiger partial charge in [0.15, 0.2) is 0 Å². The van der Waals surface area contributed by atoms with Gasteiger partial charge in [-0.3, -0.25) is 9.89 Å².